The van der Waals surface area contributed by atoms with Crippen molar-refractivity contribution < 1.29 is 28.2 Å². The van der Waals surface area contributed by atoms with Gasteiger partial charge in [0, 0.05) is 0 Å². The number of hydrogen-bond acceptors (Lipinski definition) is 7. The molecule has 0 aliphatic carbocycles. The Labute approximate surface area is 177 Å². The van der Waals surface area contributed by atoms with Gasteiger partial charge in [-0.1, -0.05) is 48.2 Å². The van der Waals surface area contributed by atoms with Gasteiger partial charge in [-0.15, -0.1) is 0 Å². The third-order valence-corrected chi connectivity index (χ3v) is 5.96. The predicted octanol–water partition coefficient (Wildman–Crippen LogP) is 3.67. The van der Waals surface area contributed by atoms with Crippen molar-refractivity contribution in [3.8, 4) is 0 Å². The second-order valence-electron chi connectivity index (χ2n) is 6.93. The zero-order chi connectivity index (χ0) is 21.1. The zero-order valence-corrected chi connectivity index (χ0v) is 17.0. The molecular weight excluding hydrogens is 409 g/mol. The van der Waals surface area contributed by atoms with Gasteiger partial charge in [-0.2, -0.15) is 0 Å². The number of hydrogen-bond donors (Lipinski definition) is 0. The molecule has 2 aliphatic heterocycles. The van der Waals surface area contributed by atoms with E-state index in [1.165, 1.54) is 11.8 Å². The summed E-state index contributed by atoms with van der Waals surface area (Å²) >= 11 is 1.34. The molecule has 2 aliphatic rings. The summed E-state index contributed by atoms with van der Waals surface area (Å²) in [7, 11) is 0. The van der Waals surface area contributed by atoms with Crippen LogP contribution in [0.1, 0.15) is 27.6 Å². The minimum absolute atomic E-state index is 0.311. The van der Waals surface area contributed by atoms with E-state index in [0.29, 0.717) is 11.1 Å². The van der Waals surface area contributed by atoms with Crippen molar-refractivity contribution in [2.24, 2.45) is 4.99 Å². The molecule has 2 aromatic carbocycles. The summed E-state index contributed by atoms with van der Waals surface area (Å²) < 4.78 is 31.0. The molecule has 1 unspecified atom stereocenters. The van der Waals surface area contributed by atoms with Gasteiger partial charge in [0.1, 0.15) is 24.3 Å². The number of carbonyl (C=O) groups is 2. The molecule has 0 bridgehead atoms. The molecule has 1 saturated heterocycles. The fourth-order valence-electron chi connectivity index (χ4n) is 3.47. The van der Waals surface area contributed by atoms with Crippen LogP contribution in [0.2, 0.25) is 0 Å². The Kier molecular flexibility index (Phi) is 6.15. The maximum absolute atomic E-state index is 13.9. The molecule has 1 fully saturated rings. The molecule has 0 saturated carbocycles. The highest BCUT2D eigenvalue weighted by Gasteiger charge is 2.52. The molecule has 0 radical (unpaired) electrons. The van der Waals surface area contributed by atoms with Crippen LogP contribution in [0, 0.1) is 0 Å². The van der Waals surface area contributed by atoms with E-state index in [1.54, 1.807) is 67.6 Å². The van der Waals surface area contributed by atoms with Gasteiger partial charge in [-0.25, -0.2) is 14.0 Å². The lowest BCUT2D eigenvalue weighted by molar-refractivity contribution is -0.161. The Hall–Kier alpha value is -2.71. The topological polar surface area (TPSA) is 74.2 Å². The minimum Gasteiger partial charge on any atom is -0.452 e. The maximum Gasteiger partial charge on any atom is 0.338 e. The Morgan fingerprint density at radius 3 is 2.03 bits per heavy atom. The third kappa shape index (κ3) is 4.24. The molecule has 5 atom stereocenters. The largest absolute Gasteiger partial charge is 0.452 e. The molecule has 0 aromatic heterocycles. The van der Waals surface area contributed by atoms with Crippen molar-refractivity contribution in [3.05, 3.63) is 71.8 Å². The fourth-order valence-corrected chi connectivity index (χ4v) is 4.54. The van der Waals surface area contributed by atoms with Crippen LogP contribution in [0.5, 0.6) is 0 Å². The van der Waals surface area contributed by atoms with Crippen LogP contribution in [-0.2, 0) is 14.2 Å². The molecule has 2 aromatic rings. The SMILES string of the molecule is CC1=N[C@@H]2C(OC(=O)c3ccccc3)[C@H](OC(=O)c3ccccc3)[C@@H](CF)O[C@@H]2S1. The highest BCUT2D eigenvalue weighted by Crippen LogP contribution is 2.39. The highest BCUT2D eigenvalue weighted by atomic mass is 32.2. The van der Waals surface area contributed by atoms with Gasteiger partial charge in [0.15, 0.2) is 12.2 Å². The van der Waals surface area contributed by atoms with Crippen LogP contribution in [0.15, 0.2) is 65.7 Å². The average Bonchev–Trinajstić information content (AvgIpc) is 3.16. The van der Waals surface area contributed by atoms with Gasteiger partial charge in [0.2, 0.25) is 0 Å². The zero-order valence-electron chi connectivity index (χ0n) is 16.1. The van der Waals surface area contributed by atoms with Crippen LogP contribution >= 0.6 is 11.8 Å². The lowest BCUT2D eigenvalue weighted by Crippen LogP contribution is -2.58. The lowest BCUT2D eigenvalue weighted by Gasteiger charge is -2.41. The first-order valence-corrected chi connectivity index (χ1v) is 10.4. The Bertz CT molecular complexity index is 939. The van der Waals surface area contributed by atoms with Crippen molar-refractivity contribution in [3.63, 3.8) is 0 Å². The normalized spacial score (nSPS) is 27.7. The molecule has 156 valence electrons. The summed E-state index contributed by atoms with van der Waals surface area (Å²) in [5.74, 6) is -1.24. The quantitative estimate of drug-likeness (QED) is 0.676. The second kappa shape index (κ2) is 8.97. The van der Waals surface area contributed by atoms with E-state index in [-0.39, 0.29) is 0 Å². The molecular formula is C22H20FNO5S. The van der Waals surface area contributed by atoms with Crippen molar-refractivity contribution in [1.29, 1.82) is 0 Å². The van der Waals surface area contributed by atoms with E-state index in [0.717, 1.165) is 5.04 Å². The first kappa shape index (κ1) is 20.6. The van der Waals surface area contributed by atoms with Gasteiger partial charge in [-0.05, 0) is 31.2 Å². The lowest BCUT2D eigenvalue weighted by atomic mass is 9.97. The molecule has 4 rings (SSSR count). The van der Waals surface area contributed by atoms with E-state index < -0.39 is 48.4 Å². The monoisotopic (exact) mass is 429 g/mol. The van der Waals surface area contributed by atoms with Crippen LogP contribution < -0.4 is 0 Å². The van der Waals surface area contributed by atoms with Gasteiger partial charge >= 0.3 is 11.9 Å². The molecule has 0 spiro atoms. The maximum atomic E-state index is 13.9. The number of alkyl halides is 1. The molecule has 0 N–H and O–H groups in total. The number of carbonyl (C=O) groups excluding carboxylic acids is 2. The van der Waals surface area contributed by atoms with E-state index in [9.17, 15) is 14.0 Å². The number of benzene rings is 2. The summed E-state index contributed by atoms with van der Waals surface area (Å²) in [4.78, 5) is 29.9. The number of esters is 2. The fraction of sp³-hybridized carbons (Fsp3) is 0.318. The van der Waals surface area contributed by atoms with Crippen LogP contribution in [0.4, 0.5) is 4.39 Å². The van der Waals surface area contributed by atoms with Crippen LogP contribution in [0.3, 0.4) is 0 Å². The van der Waals surface area contributed by atoms with Gasteiger partial charge in [0.25, 0.3) is 0 Å². The van der Waals surface area contributed by atoms with Gasteiger partial charge in [-0.3, -0.25) is 4.99 Å². The first-order chi connectivity index (χ1) is 14.6. The summed E-state index contributed by atoms with van der Waals surface area (Å²) in [6, 6.07) is 16.2. The molecule has 0 amide bonds. The van der Waals surface area contributed by atoms with Crippen LogP contribution in [0.25, 0.3) is 0 Å². The predicted molar refractivity (Wildman–Crippen MR) is 110 cm³/mol. The number of halogens is 1. The summed E-state index contributed by atoms with van der Waals surface area (Å²) in [6.07, 6.45) is -3.18. The van der Waals surface area contributed by atoms with Crippen molar-refractivity contribution in [1.82, 2.24) is 0 Å². The average molecular weight is 429 g/mol. The smallest absolute Gasteiger partial charge is 0.338 e. The summed E-state index contributed by atoms with van der Waals surface area (Å²) in [6.45, 7) is 0.910. The second-order valence-corrected chi connectivity index (χ2v) is 8.22. The Balaban J connectivity index is 1.62. The van der Waals surface area contributed by atoms with Crippen molar-refractivity contribution in [2.45, 2.75) is 36.7 Å². The van der Waals surface area contributed by atoms with Gasteiger partial charge < -0.3 is 14.2 Å². The van der Waals surface area contributed by atoms with Crippen molar-refractivity contribution in [2.75, 3.05) is 6.67 Å². The standard InChI is InChI=1S/C22H20FNO5S/c1-13-24-17-19(29-21(26)15-10-6-3-7-11-15)18(16(12-23)27-22(17)30-13)28-20(25)14-8-4-2-5-9-14/h2-11,16-19,22H,12H2,1H3/t16-,17-,18-,19?,22-/m1/s1. The Morgan fingerprint density at radius 1 is 0.967 bits per heavy atom. The van der Waals surface area contributed by atoms with Gasteiger partial charge in [0.05, 0.1) is 16.2 Å². The summed E-state index contributed by atoms with van der Waals surface area (Å²) in [5, 5.41) is 0.735. The Morgan fingerprint density at radius 2 is 1.50 bits per heavy atom. The third-order valence-electron chi connectivity index (χ3n) is 4.89. The van der Waals surface area contributed by atoms with E-state index in [4.69, 9.17) is 14.2 Å². The number of ether oxygens (including phenoxy) is 3. The molecule has 30 heavy (non-hydrogen) atoms. The molecule has 8 heteroatoms. The number of thioether (sulfide) groups is 1. The minimum atomic E-state index is -1.13. The van der Waals surface area contributed by atoms with E-state index >= 15 is 0 Å². The molecule has 6 nitrogen and oxygen atoms in total. The van der Waals surface area contributed by atoms with Crippen molar-refractivity contribution >= 4 is 28.7 Å². The highest BCUT2D eigenvalue weighted by molar-refractivity contribution is 8.14. The number of nitrogens with zero attached hydrogens (tertiary/aromatic N) is 1. The first-order valence-electron chi connectivity index (χ1n) is 9.51. The van der Waals surface area contributed by atoms with E-state index in [2.05, 4.69) is 4.99 Å². The van der Waals surface area contributed by atoms with Crippen LogP contribution in [-0.4, -0.2) is 53.4 Å². The van der Waals surface area contributed by atoms with E-state index in [1.807, 2.05) is 0 Å². The number of aliphatic imine (C=N–C) groups is 1. The summed E-state index contributed by atoms with van der Waals surface area (Å²) in [5.41, 5.74) is 0.147. The molecule has 2 heterocycles. The number of rotatable bonds is 5. The number of fused-ring (bicyclic) bond motifs is 1.